The number of likely N-dealkylation sites (N-methyl/N-ethyl adjacent to an activating group) is 1. The lowest BCUT2D eigenvalue weighted by Crippen LogP contribution is -2.50. The molecule has 7 heteroatoms. The quantitative estimate of drug-likeness (QED) is 0.808. The summed E-state index contributed by atoms with van der Waals surface area (Å²) >= 11 is 0. The van der Waals surface area contributed by atoms with Gasteiger partial charge in [-0.05, 0) is 46.7 Å². The summed E-state index contributed by atoms with van der Waals surface area (Å²) in [5.74, 6) is -0.569. The predicted octanol–water partition coefficient (Wildman–Crippen LogP) is 1.52. The number of nitrogens with one attached hydrogen (secondary N) is 2. The number of carbonyl (C=O) groups is 1. The SMILES string of the molecule is CNC1CCC(N(C)C(C)C(=O)NCC(F)(F)F)CC1. The number of rotatable bonds is 5. The van der Waals surface area contributed by atoms with Crippen molar-refractivity contribution in [1.82, 2.24) is 15.5 Å². The molecule has 1 atom stereocenters. The van der Waals surface area contributed by atoms with Gasteiger partial charge in [-0.2, -0.15) is 13.2 Å². The average Bonchev–Trinajstić information content (AvgIpc) is 2.42. The van der Waals surface area contributed by atoms with E-state index in [-0.39, 0.29) is 6.04 Å². The van der Waals surface area contributed by atoms with E-state index in [0.29, 0.717) is 6.04 Å². The first kappa shape index (κ1) is 17.2. The van der Waals surface area contributed by atoms with E-state index in [0.717, 1.165) is 25.7 Å². The lowest BCUT2D eigenvalue weighted by Gasteiger charge is -2.37. The van der Waals surface area contributed by atoms with E-state index in [1.807, 2.05) is 24.3 Å². The van der Waals surface area contributed by atoms with Crippen molar-refractivity contribution in [1.29, 1.82) is 0 Å². The summed E-state index contributed by atoms with van der Waals surface area (Å²) in [6.07, 6.45) is -0.388. The second-order valence-electron chi connectivity index (χ2n) is 5.47. The second-order valence-corrected chi connectivity index (χ2v) is 5.47. The fourth-order valence-electron chi connectivity index (χ4n) is 2.61. The normalized spacial score (nSPS) is 25.6. The fourth-order valence-corrected chi connectivity index (χ4v) is 2.61. The topological polar surface area (TPSA) is 44.4 Å². The Bertz CT molecular complexity index is 314. The molecule has 0 aromatic carbocycles. The van der Waals surface area contributed by atoms with Crippen molar-refractivity contribution in [2.24, 2.45) is 0 Å². The van der Waals surface area contributed by atoms with Crippen molar-refractivity contribution in [2.75, 3.05) is 20.6 Å². The van der Waals surface area contributed by atoms with Gasteiger partial charge in [0.25, 0.3) is 0 Å². The third kappa shape index (κ3) is 5.28. The molecule has 2 N–H and O–H groups in total. The zero-order valence-electron chi connectivity index (χ0n) is 12.3. The maximum absolute atomic E-state index is 12.1. The summed E-state index contributed by atoms with van der Waals surface area (Å²) in [5.41, 5.74) is 0. The van der Waals surface area contributed by atoms with Crippen LogP contribution in [0.5, 0.6) is 0 Å². The molecule has 1 rings (SSSR count). The Morgan fingerprint density at radius 1 is 1.30 bits per heavy atom. The third-order valence-corrected chi connectivity index (χ3v) is 4.13. The van der Waals surface area contributed by atoms with E-state index in [2.05, 4.69) is 5.32 Å². The van der Waals surface area contributed by atoms with E-state index in [1.165, 1.54) is 0 Å². The van der Waals surface area contributed by atoms with Gasteiger partial charge in [0, 0.05) is 12.1 Å². The number of hydrogen-bond acceptors (Lipinski definition) is 3. The highest BCUT2D eigenvalue weighted by Gasteiger charge is 2.32. The Labute approximate surface area is 118 Å². The van der Waals surface area contributed by atoms with Gasteiger partial charge in [-0.15, -0.1) is 0 Å². The first-order chi connectivity index (χ1) is 9.24. The lowest BCUT2D eigenvalue weighted by molar-refractivity contribution is -0.141. The molecular weight excluding hydrogens is 271 g/mol. The smallest absolute Gasteiger partial charge is 0.346 e. The Morgan fingerprint density at radius 2 is 1.85 bits per heavy atom. The minimum Gasteiger partial charge on any atom is -0.346 e. The minimum absolute atomic E-state index is 0.256. The number of nitrogens with zero attached hydrogens (tertiary/aromatic N) is 1. The van der Waals surface area contributed by atoms with Crippen LogP contribution >= 0.6 is 0 Å². The molecular formula is C13H24F3N3O. The van der Waals surface area contributed by atoms with E-state index >= 15 is 0 Å². The van der Waals surface area contributed by atoms with Crippen molar-refractivity contribution < 1.29 is 18.0 Å². The molecule has 1 aliphatic carbocycles. The average molecular weight is 295 g/mol. The molecule has 1 saturated carbocycles. The van der Waals surface area contributed by atoms with Gasteiger partial charge in [0.15, 0.2) is 0 Å². The molecule has 0 aromatic rings. The number of amides is 1. The number of alkyl halides is 3. The number of halogens is 3. The highest BCUT2D eigenvalue weighted by atomic mass is 19.4. The molecule has 0 saturated heterocycles. The van der Waals surface area contributed by atoms with Crippen molar-refractivity contribution in [3.05, 3.63) is 0 Å². The van der Waals surface area contributed by atoms with Gasteiger partial charge in [0.1, 0.15) is 6.54 Å². The maximum Gasteiger partial charge on any atom is 0.405 e. The molecule has 1 amide bonds. The van der Waals surface area contributed by atoms with Crippen molar-refractivity contribution in [3.63, 3.8) is 0 Å². The summed E-state index contributed by atoms with van der Waals surface area (Å²) < 4.78 is 36.2. The van der Waals surface area contributed by atoms with Gasteiger partial charge in [-0.3, -0.25) is 9.69 Å². The van der Waals surface area contributed by atoms with Gasteiger partial charge < -0.3 is 10.6 Å². The molecule has 118 valence electrons. The van der Waals surface area contributed by atoms with Crippen molar-refractivity contribution in [3.8, 4) is 0 Å². The largest absolute Gasteiger partial charge is 0.405 e. The van der Waals surface area contributed by atoms with Gasteiger partial charge in [0.05, 0.1) is 6.04 Å². The molecule has 0 bridgehead atoms. The molecule has 0 radical (unpaired) electrons. The lowest BCUT2D eigenvalue weighted by atomic mass is 9.90. The first-order valence-corrected chi connectivity index (χ1v) is 6.98. The molecule has 1 fully saturated rings. The standard InChI is InChI=1S/C13H24F3N3O/c1-9(12(20)18-8-13(14,15)16)19(3)11-6-4-10(17-2)5-7-11/h9-11,17H,4-8H2,1-3H3,(H,18,20). The summed E-state index contributed by atoms with van der Waals surface area (Å²) in [7, 11) is 3.74. The second kappa shape index (κ2) is 7.26. The summed E-state index contributed by atoms with van der Waals surface area (Å²) in [6.45, 7) is 0.381. The van der Waals surface area contributed by atoms with Gasteiger partial charge in [-0.25, -0.2) is 0 Å². The molecule has 0 spiro atoms. The zero-order valence-corrected chi connectivity index (χ0v) is 12.3. The van der Waals surface area contributed by atoms with Crippen molar-refractivity contribution >= 4 is 5.91 Å². The molecule has 0 aliphatic heterocycles. The zero-order chi connectivity index (χ0) is 15.3. The number of carbonyl (C=O) groups excluding carboxylic acids is 1. The highest BCUT2D eigenvalue weighted by Crippen LogP contribution is 2.23. The Kier molecular flexibility index (Phi) is 6.26. The summed E-state index contributed by atoms with van der Waals surface area (Å²) in [4.78, 5) is 13.6. The molecule has 20 heavy (non-hydrogen) atoms. The molecule has 0 aromatic heterocycles. The molecule has 1 aliphatic rings. The van der Waals surface area contributed by atoms with E-state index < -0.39 is 24.7 Å². The minimum atomic E-state index is -4.36. The van der Waals surface area contributed by atoms with Crippen LogP contribution in [0.1, 0.15) is 32.6 Å². The van der Waals surface area contributed by atoms with Crippen LogP contribution in [0.15, 0.2) is 0 Å². The predicted molar refractivity (Wildman–Crippen MR) is 71.4 cm³/mol. The molecule has 0 heterocycles. The Hall–Kier alpha value is -0.820. The maximum atomic E-state index is 12.1. The molecule has 1 unspecified atom stereocenters. The molecule has 4 nitrogen and oxygen atoms in total. The van der Waals surface area contributed by atoms with Crippen LogP contribution in [0, 0.1) is 0 Å². The summed E-state index contributed by atoms with van der Waals surface area (Å²) in [6, 6.07) is 0.216. The highest BCUT2D eigenvalue weighted by molar-refractivity contribution is 5.81. The monoisotopic (exact) mass is 295 g/mol. The van der Waals surface area contributed by atoms with Crippen LogP contribution < -0.4 is 10.6 Å². The van der Waals surface area contributed by atoms with Crippen LogP contribution in [0.3, 0.4) is 0 Å². The Morgan fingerprint density at radius 3 is 2.30 bits per heavy atom. The van der Waals surface area contributed by atoms with E-state index in [9.17, 15) is 18.0 Å². The van der Waals surface area contributed by atoms with E-state index in [4.69, 9.17) is 0 Å². The van der Waals surface area contributed by atoms with Crippen LogP contribution in [-0.4, -0.2) is 55.7 Å². The van der Waals surface area contributed by atoms with Gasteiger partial charge >= 0.3 is 6.18 Å². The van der Waals surface area contributed by atoms with Gasteiger partial charge in [-0.1, -0.05) is 0 Å². The summed E-state index contributed by atoms with van der Waals surface area (Å²) in [5, 5.41) is 5.17. The fraction of sp³-hybridized carbons (Fsp3) is 0.923. The first-order valence-electron chi connectivity index (χ1n) is 6.98. The van der Waals surface area contributed by atoms with E-state index in [1.54, 1.807) is 6.92 Å². The van der Waals surface area contributed by atoms with Crippen LogP contribution in [0.25, 0.3) is 0 Å². The van der Waals surface area contributed by atoms with Crippen LogP contribution in [0.4, 0.5) is 13.2 Å². The number of hydrogen-bond donors (Lipinski definition) is 2. The van der Waals surface area contributed by atoms with Gasteiger partial charge in [0.2, 0.25) is 5.91 Å². The Balaban J connectivity index is 2.42. The van der Waals surface area contributed by atoms with Crippen LogP contribution in [0.2, 0.25) is 0 Å². The third-order valence-electron chi connectivity index (χ3n) is 4.13. The van der Waals surface area contributed by atoms with Crippen molar-refractivity contribution in [2.45, 2.75) is 56.9 Å². The van der Waals surface area contributed by atoms with Crippen LogP contribution in [-0.2, 0) is 4.79 Å².